The van der Waals surface area contributed by atoms with Gasteiger partial charge >= 0.3 is 6.09 Å². The molecule has 0 aliphatic carbocycles. The number of likely N-dealkylation sites (tertiary alicyclic amines) is 1. The van der Waals surface area contributed by atoms with Crippen LogP contribution >= 0.6 is 11.6 Å². The Morgan fingerprint density at radius 3 is 2.38 bits per heavy atom. The van der Waals surface area contributed by atoms with Crippen molar-refractivity contribution in [2.75, 3.05) is 18.5 Å². The molecule has 12 nitrogen and oxygen atoms in total. The van der Waals surface area contributed by atoms with Crippen LogP contribution in [0.4, 0.5) is 10.6 Å². The number of carbonyl (C=O) groups is 2. The van der Waals surface area contributed by atoms with Crippen molar-refractivity contribution in [2.45, 2.75) is 129 Å². The molecule has 5 rings (SSSR count). The number of aromatic nitrogens is 3. The number of ether oxygens (including phenoxy) is 2. The Labute approximate surface area is 348 Å². The minimum absolute atomic E-state index is 0.0985. The van der Waals surface area contributed by atoms with Crippen LogP contribution in [0.1, 0.15) is 130 Å². The van der Waals surface area contributed by atoms with Crippen LogP contribution in [0.15, 0.2) is 65.8 Å². The second-order valence-electron chi connectivity index (χ2n) is 19.1. The molecule has 2 amide bonds. The summed E-state index contributed by atoms with van der Waals surface area (Å²) in [6.07, 6.45) is 4.49. The van der Waals surface area contributed by atoms with Gasteiger partial charge in [-0.2, -0.15) is 8.42 Å². The van der Waals surface area contributed by atoms with Gasteiger partial charge in [0.25, 0.3) is 15.9 Å². The van der Waals surface area contributed by atoms with E-state index in [9.17, 15) is 18.0 Å². The molecule has 0 radical (unpaired) electrons. The normalized spacial score (nSPS) is 16.6. The molecule has 4 aromatic rings. The van der Waals surface area contributed by atoms with Crippen molar-refractivity contribution in [1.29, 1.82) is 0 Å². The van der Waals surface area contributed by atoms with E-state index in [4.69, 9.17) is 26.1 Å². The zero-order valence-electron chi connectivity index (χ0n) is 35.7. The number of rotatable bonds is 12. The van der Waals surface area contributed by atoms with Crippen LogP contribution in [0.5, 0.6) is 5.75 Å². The zero-order chi connectivity index (χ0) is 42.8. The van der Waals surface area contributed by atoms with Gasteiger partial charge in [0.05, 0.1) is 29.4 Å². The smallest absolute Gasteiger partial charge is 0.410 e. The van der Waals surface area contributed by atoms with E-state index in [0.29, 0.717) is 36.2 Å². The number of hydrogen-bond acceptors (Lipinski definition) is 10. The summed E-state index contributed by atoms with van der Waals surface area (Å²) in [7, 11) is -4.44. The number of amides is 2. The quantitative estimate of drug-likeness (QED) is 0.132. The number of nitrogens with zero attached hydrogens (tertiary/aromatic N) is 4. The van der Waals surface area contributed by atoms with Crippen molar-refractivity contribution in [3.63, 3.8) is 0 Å². The number of nitrogens with one attached hydrogen (secondary N) is 2. The number of halogens is 1. The first-order valence-corrected chi connectivity index (χ1v) is 21.7. The van der Waals surface area contributed by atoms with E-state index in [0.717, 1.165) is 30.5 Å². The highest BCUT2D eigenvalue weighted by atomic mass is 35.5. The van der Waals surface area contributed by atoms with E-state index in [-0.39, 0.29) is 56.0 Å². The molecule has 1 aromatic carbocycles. The summed E-state index contributed by atoms with van der Waals surface area (Å²) in [5, 5.41) is 3.53. The Hall–Kier alpha value is -4.49. The molecule has 2 atom stereocenters. The lowest BCUT2D eigenvalue weighted by molar-refractivity contribution is 0.0130. The third kappa shape index (κ3) is 11.8. The summed E-state index contributed by atoms with van der Waals surface area (Å²) < 4.78 is 41.0. The number of anilines is 1. The first-order chi connectivity index (χ1) is 26.8. The van der Waals surface area contributed by atoms with Crippen molar-refractivity contribution < 1.29 is 27.5 Å². The van der Waals surface area contributed by atoms with Gasteiger partial charge in [-0.3, -0.25) is 9.78 Å². The van der Waals surface area contributed by atoms with Gasteiger partial charge in [-0.25, -0.2) is 19.5 Å². The van der Waals surface area contributed by atoms with Crippen LogP contribution in [0, 0.1) is 11.3 Å². The van der Waals surface area contributed by atoms with E-state index in [1.807, 2.05) is 31.7 Å². The van der Waals surface area contributed by atoms with Crippen molar-refractivity contribution in [3.05, 3.63) is 82.8 Å². The van der Waals surface area contributed by atoms with Gasteiger partial charge in [0.15, 0.2) is 5.03 Å². The Morgan fingerprint density at radius 2 is 1.71 bits per heavy atom. The van der Waals surface area contributed by atoms with E-state index in [2.05, 4.69) is 81.5 Å². The summed E-state index contributed by atoms with van der Waals surface area (Å²) in [5.41, 5.74) is 1.28. The highest BCUT2D eigenvalue weighted by Crippen LogP contribution is 2.38. The largest absolute Gasteiger partial charge is 0.493 e. The molecule has 1 saturated heterocycles. The first-order valence-electron chi connectivity index (χ1n) is 19.8. The molecule has 1 aliphatic rings. The molecule has 14 heteroatoms. The molecule has 314 valence electrons. The Kier molecular flexibility index (Phi) is 13.1. The van der Waals surface area contributed by atoms with Gasteiger partial charge in [-0.1, -0.05) is 59.2 Å². The molecule has 0 saturated carbocycles. The third-order valence-corrected chi connectivity index (χ3v) is 11.6. The maximum Gasteiger partial charge on any atom is 0.410 e. The standard InChI is InChI=1S/C44H59ClN6O6S/c1-41(2,3)20-22-56-31-17-16-29-23-32(38(45)48-34(29)25-31)39(52)50-58(54,55)37-14-12-13-36(49-37)47-33(35-24-30(19-21-46-35)42(4,5)6)18-15-28-26-44(10,11)51(27-28)40(53)57-43(7,8)9/h12-14,16-17,19,21,23-25,28,33H,15,18,20,22,26-27H2,1-11H3,(H,47,49)(H,50,52)/t28-,33?/m0/s1. The topological polar surface area (TPSA) is 153 Å². The van der Waals surface area contributed by atoms with E-state index >= 15 is 0 Å². The molecule has 2 N–H and O–H groups in total. The van der Waals surface area contributed by atoms with Crippen molar-refractivity contribution in [1.82, 2.24) is 24.6 Å². The molecule has 1 unspecified atom stereocenters. The van der Waals surface area contributed by atoms with Crippen LogP contribution in [0.3, 0.4) is 0 Å². The molecule has 4 heterocycles. The number of pyridine rings is 3. The SMILES string of the molecule is CC(C)(C)CCOc1ccc2cc(C(=O)NS(=O)(=O)c3cccc(NC(CC[C@@H]4CN(C(=O)OC(C)(C)C)C(C)(C)C4)c4cc(C(C)(C)C)ccn4)n3)c(Cl)nc2c1. The van der Waals surface area contributed by atoms with Crippen molar-refractivity contribution in [2.24, 2.45) is 11.3 Å². The second kappa shape index (κ2) is 17.0. The summed E-state index contributed by atoms with van der Waals surface area (Å²) >= 11 is 6.45. The fourth-order valence-corrected chi connectivity index (χ4v) is 8.09. The average molecular weight is 836 g/mol. The monoisotopic (exact) mass is 834 g/mol. The predicted octanol–water partition coefficient (Wildman–Crippen LogP) is 9.88. The maximum atomic E-state index is 13.6. The number of sulfonamides is 1. The average Bonchev–Trinajstić information content (AvgIpc) is 3.42. The molecule has 3 aromatic heterocycles. The van der Waals surface area contributed by atoms with Crippen molar-refractivity contribution >= 4 is 50.3 Å². The number of fused-ring (bicyclic) bond motifs is 1. The highest BCUT2D eigenvalue weighted by Gasteiger charge is 2.43. The maximum absolute atomic E-state index is 13.6. The van der Waals surface area contributed by atoms with E-state index in [1.54, 1.807) is 36.5 Å². The summed E-state index contributed by atoms with van der Waals surface area (Å²) in [4.78, 5) is 41.9. The third-order valence-electron chi connectivity index (χ3n) is 10.1. The fourth-order valence-electron chi connectivity index (χ4n) is 6.92. The van der Waals surface area contributed by atoms with Gasteiger partial charge in [-0.15, -0.1) is 0 Å². The summed E-state index contributed by atoms with van der Waals surface area (Å²) in [6, 6.07) is 15.0. The summed E-state index contributed by atoms with van der Waals surface area (Å²) in [5.74, 6) is 0.159. The fraction of sp³-hybridized carbons (Fsp3) is 0.523. The van der Waals surface area contributed by atoms with Gasteiger partial charge < -0.3 is 19.7 Å². The summed E-state index contributed by atoms with van der Waals surface area (Å²) in [6.45, 7) is 23.6. The minimum Gasteiger partial charge on any atom is -0.493 e. The Morgan fingerprint density at radius 1 is 0.983 bits per heavy atom. The van der Waals surface area contributed by atoms with Gasteiger partial charge in [-0.05, 0) is 125 Å². The molecule has 58 heavy (non-hydrogen) atoms. The van der Waals surface area contributed by atoms with Crippen LogP contribution < -0.4 is 14.8 Å². The van der Waals surface area contributed by atoms with Crippen LogP contribution in [0.2, 0.25) is 5.15 Å². The van der Waals surface area contributed by atoms with Gasteiger partial charge in [0.2, 0.25) is 0 Å². The van der Waals surface area contributed by atoms with Crippen LogP contribution in [-0.4, -0.2) is 64.6 Å². The van der Waals surface area contributed by atoms with Gasteiger partial charge in [0, 0.05) is 29.7 Å². The minimum atomic E-state index is -4.44. The van der Waals surface area contributed by atoms with E-state index in [1.165, 1.54) is 12.1 Å². The number of hydrogen-bond donors (Lipinski definition) is 2. The highest BCUT2D eigenvalue weighted by molar-refractivity contribution is 7.90. The predicted molar refractivity (Wildman–Crippen MR) is 229 cm³/mol. The molecule has 1 fully saturated rings. The lowest BCUT2D eigenvalue weighted by atomic mass is 9.86. The van der Waals surface area contributed by atoms with E-state index < -0.39 is 21.5 Å². The van der Waals surface area contributed by atoms with Crippen LogP contribution in [-0.2, 0) is 20.2 Å². The lowest BCUT2D eigenvalue weighted by Crippen LogP contribution is -2.45. The molecule has 0 bridgehead atoms. The Balaban J connectivity index is 1.34. The number of benzene rings is 1. The molecular weight excluding hydrogens is 776 g/mol. The molecular formula is C44H59ClN6O6S. The molecule has 1 aliphatic heterocycles. The van der Waals surface area contributed by atoms with Crippen molar-refractivity contribution in [3.8, 4) is 5.75 Å². The Bertz CT molecular complexity index is 2240. The first kappa shape index (κ1) is 44.6. The second-order valence-corrected chi connectivity index (χ2v) is 21.1. The van der Waals surface area contributed by atoms with Gasteiger partial charge in [0.1, 0.15) is 22.3 Å². The lowest BCUT2D eigenvalue weighted by Gasteiger charge is -2.33. The zero-order valence-corrected chi connectivity index (χ0v) is 37.3. The molecule has 0 spiro atoms. The number of carbonyl (C=O) groups excluding carboxylic acids is 2. The van der Waals surface area contributed by atoms with Crippen LogP contribution in [0.25, 0.3) is 10.9 Å².